The molecule has 1 fully saturated rings. The van der Waals surface area contributed by atoms with Crippen LogP contribution in [0.3, 0.4) is 0 Å². The molecular weight excluding hydrogens is 273 g/mol. The van der Waals surface area contributed by atoms with Crippen LogP contribution in [0, 0.1) is 11.7 Å². The van der Waals surface area contributed by atoms with Gasteiger partial charge in [0.15, 0.2) is 0 Å². The number of hydrogen-bond donors (Lipinski definition) is 1. The molecule has 0 aliphatic heterocycles. The van der Waals surface area contributed by atoms with Crippen LogP contribution in [0.4, 0.5) is 4.39 Å². The molecule has 1 atom stereocenters. The van der Waals surface area contributed by atoms with Crippen molar-refractivity contribution in [1.29, 1.82) is 0 Å². The highest BCUT2D eigenvalue weighted by atomic mass is 35.5. The Hall–Kier alpha value is -0.600. The third-order valence-electron chi connectivity index (χ3n) is 4.29. The number of benzene rings is 1. The molecule has 1 aromatic rings. The van der Waals surface area contributed by atoms with E-state index in [1.165, 1.54) is 32.1 Å². The van der Waals surface area contributed by atoms with Crippen molar-refractivity contribution in [2.24, 2.45) is 5.92 Å². The number of rotatable bonds is 6. The van der Waals surface area contributed by atoms with Gasteiger partial charge in [0.2, 0.25) is 0 Å². The van der Waals surface area contributed by atoms with E-state index in [9.17, 15) is 4.39 Å². The summed E-state index contributed by atoms with van der Waals surface area (Å²) in [5, 5.41) is 3.73. The van der Waals surface area contributed by atoms with Crippen LogP contribution in [0.15, 0.2) is 18.2 Å². The molecule has 1 aliphatic carbocycles. The molecule has 0 aromatic heterocycles. The maximum atomic E-state index is 14.3. The summed E-state index contributed by atoms with van der Waals surface area (Å²) >= 11 is 5.93. The van der Waals surface area contributed by atoms with Crippen LogP contribution in [0.5, 0.6) is 0 Å². The van der Waals surface area contributed by atoms with Gasteiger partial charge >= 0.3 is 0 Å². The van der Waals surface area contributed by atoms with Crippen LogP contribution in [0.25, 0.3) is 0 Å². The zero-order chi connectivity index (χ0) is 14.4. The van der Waals surface area contributed by atoms with Gasteiger partial charge in [0, 0.05) is 11.6 Å². The maximum Gasteiger partial charge on any atom is 0.146 e. The molecular formula is C17H25ClFN. The maximum absolute atomic E-state index is 14.3. The van der Waals surface area contributed by atoms with E-state index < -0.39 is 0 Å². The average Bonchev–Trinajstić information content (AvgIpc) is 2.48. The quantitative estimate of drug-likeness (QED) is 0.732. The molecule has 0 amide bonds. The zero-order valence-electron chi connectivity index (χ0n) is 12.3. The lowest BCUT2D eigenvalue weighted by molar-refractivity contribution is 0.297. The molecule has 20 heavy (non-hydrogen) atoms. The van der Waals surface area contributed by atoms with E-state index in [1.54, 1.807) is 6.07 Å². The first-order valence-corrected chi connectivity index (χ1v) is 8.27. The monoisotopic (exact) mass is 297 g/mol. The van der Waals surface area contributed by atoms with Crippen LogP contribution >= 0.6 is 11.6 Å². The molecule has 0 radical (unpaired) electrons. The van der Waals surface area contributed by atoms with Gasteiger partial charge in [-0.1, -0.05) is 62.8 Å². The molecule has 1 N–H and O–H groups in total. The minimum Gasteiger partial charge on any atom is -0.310 e. The molecule has 1 aromatic carbocycles. The third-order valence-corrected chi connectivity index (χ3v) is 4.58. The van der Waals surface area contributed by atoms with Gasteiger partial charge in [-0.05, 0) is 31.4 Å². The second kappa shape index (κ2) is 7.99. The van der Waals surface area contributed by atoms with Crippen LogP contribution in [0.2, 0.25) is 5.02 Å². The van der Waals surface area contributed by atoms with Gasteiger partial charge < -0.3 is 5.32 Å². The Morgan fingerprint density at radius 1 is 1.30 bits per heavy atom. The van der Waals surface area contributed by atoms with Gasteiger partial charge in [-0.2, -0.15) is 0 Å². The highest BCUT2D eigenvalue weighted by Gasteiger charge is 2.22. The van der Waals surface area contributed by atoms with Gasteiger partial charge in [0.25, 0.3) is 0 Å². The SMILES string of the molecule is CCCNC(CC1CCCCC1)c1cccc(Cl)c1F. The van der Waals surface area contributed by atoms with Crippen molar-refractivity contribution in [2.45, 2.75) is 57.9 Å². The molecule has 2 rings (SSSR count). The number of halogens is 2. The van der Waals surface area contributed by atoms with Crippen LogP contribution < -0.4 is 5.32 Å². The molecule has 1 unspecified atom stereocenters. The topological polar surface area (TPSA) is 12.0 Å². The molecule has 1 nitrogen and oxygen atoms in total. The fourth-order valence-corrected chi connectivity index (χ4v) is 3.37. The summed E-state index contributed by atoms with van der Waals surface area (Å²) in [5.74, 6) is 0.468. The largest absolute Gasteiger partial charge is 0.310 e. The van der Waals surface area contributed by atoms with Crippen molar-refractivity contribution in [2.75, 3.05) is 6.54 Å². The standard InChI is InChI=1S/C17H25ClFN/c1-2-11-20-16(12-13-7-4-3-5-8-13)14-9-6-10-15(18)17(14)19/h6,9-10,13,16,20H,2-5,7-8,11-12H2,1H3. The second-order valence-corrected chi connectivity index (χ2v) is 6.30. The molecule has 0 spiro atoms. The summed E-state index contributed by atoms with van der Waals surface area (Å²) in [7, 11) is 0. The van der Waals surface area contributed by atoms with Gasteiger partial charge in [-0.3, -0.25) is 0 Å². The van der Waals surface area contributed by atoms with Gasteiger partial charge in [0.1, 0.15) is 5.82 Å². The number of nitrogens with one attached hydrogen (secondary N) is 1. The van der Waals surface area contributed by atoms with Crippen LogP contribution in [-0.2, 0) is 0 Å². The summed E-state index contributed by atoms with van der Waals surface area (Å²) in [6.07, 6.45) is 8.65. The molecule has 0 saturated heterocycles. The van der Waals surface area contributed by atoms with Crippen molar-refractivity contribution in [3.8, 4) is 0 Å². The Labute approximate surface area is 126 Å². The zero-order valence-corrected chi connectivity index (χ0v) is 13.1. The fourth-order valence-electron chi connectivity index (χ4n) is 3.18. The highest BCUT2D eigenvalue weighted by Crippen LogP contribution is 2.33. The smallest absolute Gasteiger partial charge is 0.146 e. The van der Waals surface area contributed by atoms with Crippen molar-refractivity contribution >= 4 is 11.6 Å². The summed E-state index contributed by atoms with van der Waals surface area (Å²) in [6.45, 7) is 3.06. The summed E-state index contributed by atoms with van der Waals surface area (Å²) in [6, 6.07) is 5.44. The lowest BCUT2D eigenvalue weighted by Gasteiger charge is -2.28. The van der Waals surface area contributed by atoms with Gasteiger partial charge in [0.05, 0.1) is 5.02 Å². The summed E-state index contributed by atoms with van der Waals surface area (Å²) in [4.78, 5) is 0. The van der Waals surface area contributed by atoms with Gasteiger partial charge in [-0.25, -0.2) is 4.39 Å². The second-order valence-electron chi connectivity index (χ2n) is 5.89. The third kappa shape index (κ3) is 4.20. The summed E-state index contributed by atoms with van der Waals surface area (Å²) in [5.41, 5.74) is 0.733. The van der Waals surface area contributed by atoms with Crippen LogP contribution in [0.1, 0.15) is 63.5 Å². The first-order valence-electron chi connectivity index (χ1n) is 7.89. The van der Waals surface area contributed by atoms with E-state index in [4.69, 9.17) is 11.6 Å². The van der Waals surface area contributed by atoms with E-state index in [0.717, 1.165) is 30.9 Å². The number of hydrogen-bond acceptors (Lipinski definition) is 1. The normalized spacial score (nSPS) is 18.1. The molecule has 1 aliphatic rings. The van der Waals surface area contributed by atoms with Crippen molar-refractivity contribution in [3.05, 3.63) is 34.6 Å². The van der Waals surface area contributed by atoms with E-state index >= 15 is 0 Å². The minimum atomic E-state index is -0.251. The van der Waals surface area contributed by atoms with E-state index in [0.29, 0.717) is 0 Å². The highest BCUT2D eigenvalue weighted by molar-refractivity contribution is 6.30. The minimum absolute atomic E-state index is 0.0942. The Bertz CT molecular complexity index is 415. The van der Waals surface area contributed by atoms with Gasteiger partial charge in [-0.15, -0.1) is 0 Å². The van der Waals surface area contributed by atoms with Crippen molar-refractivity contribution in [1.82, 2.24) is 5.32 Å². The first kappa shape index (κ1) is 15.8. The molecule has 112 valence electrons. The van der Waals surface area contributed by atoms with E-state index in [2.05, 4.69) is 12.2 Å². The van der Waals surface area contributed by atoms with E-state index in [1.807, 2.05) is 12.1 Å². The predicted molar refractivity (Wildman–Crippen MR) is 83.6 cm³/mol. The Morgan fingerprint density at radius 3 is 2.75 bits per heavy atom. The lowest BCUT2D eigenvalue weighted by Crippen LogP contribution is -2.26. The Balaban J connectivity index is 2.11. The Kier molecular flexibility index (Phi) is 6.31. The lowest BCUT2D eigenvalue weighted by atomic mass is 9.83. The molecule has 0 heterocycles. The first-order chi connectivity index (χ1) is 9.72. The molecule has 3 heteroatoms. The van der Waals surface area contributed by atoms with Crippen LogP contribution in [-0.4, -0.2) is 6.54 Å². The van der Waals surface area contributed by atoms with Crippen molar-refractivity contribution in [3.63, 3.8) is 0 Å². The summed E-state index contributed by atoms with van der Waals surface area (Å²) < 4.78 is 14.3. The molecule has 0 bridgehead atoms. The average molecular weight is 298 g/mol. The van der Waals surface area contributed by atoms with E-state index in [-0.39, 0.29) is 16.9 Å². The Morgan fingerprint density at radius 2 is 2.05 bits per heavy atom. The van der Waals surface area contributed by atoms with Crippen molar-refractivity contribution < 1.29 is 4.39 Å². The molecule has 1 saturated carbocycles. The predicted octanol–water partition coefficient (Wildman–Crippen LogP) is 5.49. The fraction of sp³-hybridized carbons (Fsp3) is 0.647.